The number of benzene rings is 1. The van der Waals surface area contributed by atoms with Crippen LogP contribution in [0.4, 0.5) is 0 Å². The van der Waals surface area contributed by atoms with Crippen molar-refractivity contribution in [1.29, 1.82) is 0 Å². The molecule has 3 nitrogen and oxygen atoms in total. The third-order valence-electron chi connectivity index (χ3n) is 2.60. The van der Waals surface area contributed by atoms with E-state index >= 15 is 0 Å². The molecule has 1 aromatic carbocycles. The van der Waals surface area contributed by atoms with Gasteiger partial charge in [-0.15, -0.1) is 0 Å². The molecule has 1 atom stereocenters. The summed E-state index contributed by atoms with van der Waals surface area (Å²) in [6.45, 7) is 2.05. The first-order chi connectivity index (χ1) is 7.22. The van der Waals surface area contributed by atoms with E-state index in [0.29, 0.717) is 17.7 Å². The van der Waals surface area contributed by atoms with Gasteiger partial charge in [0.15, 0.2) is 17.3 Å². The van der Waals surface area contributed by atoms with Gasteiger partial charge < -0.3 is 9.84 Å². The number of hydrogen-bond donors (Lipinski definition) is 1. The fraction of sp³-hybridized carbons (Fsp3) is 0.417. The zero-order chi connectivity index (χ0) is 10.8. The van der Waals surface area contributed by atoms with Crippen molar-refractivity contribution < 1.29 is 14.6 Å². The Labute approximate surface area is 88.7 Å². The Kier molecular flexibility index (Phi) is 2.62. The van der Waals surface area contributed by atoms with E-state index in [-0.39, 0.29) is 17.6 Å². The van der Waals surface area contributed by atoms with Crippen LogP contribution in [0.25, 0.3) is 0 Å². The molecular formula is C12H14O3. The van der Waals surface area contributed by atoms with Gasteiger partial charge in [0.2, 0.25) is 0 Å². The van der Waals surface area contributed by atoms with E-state index in [0.717, 1.165) is 12.8 Å². The molecule has 0 saturated carbocycles. The summed E-state index contributed by atoms with van der Waals surface area (Å²) in [5.74, 6) is 0.472. The SMILES string of the molecule is CCC[C@@H]1CC(=O)c2cccc(O)c2O1. The molecule has 1 aliphatic rings. The lowest BCUT2D eigenvalue weighted by atomic mass is 9.98. The third-order valence-corrected chi connectivity index (χ3v) is 2.60. The van der Waals surface area contributed by atoms with Crippen molar-refractivity contribution in [1.82, 2.24) is 0 Å². The molecule has 80 valence electrons. The third kappa shape index (κ3) is 1.82. The van der Waals surface area contributed by atoms with E-state index in [2.05, 4.69) is 0 Å². The summed E-state index contributed by atoms with van der Waals surface area (Å²) < 4.78 is 5.60. The Morgan fingerprint density at radius 2 is 2.33 bits per heavy atom. The normalized spacial score (nSPS) is 19.5. The van der Waals surface area contributed by atoms with E-state index < -0.39 is 0 Å². The number of phenolic OH excluding ortho intramolecular Hbond substituents is 1. The number of ketones is 1. The summed E-state index contributed by atoms with van der Waals surface area (Å²) >= 11 is 0. The molecule has 1 N–H and O–H groups in total. The van der Waals surface area contributed by atoms with Crippen molar-refractivity contribution in [2.75, 3.05) is 0 Å². The molecule has 2 rings (SSSR count). The highest BCUT2D eigenvalue weighted by Gasteiger charge is 2.27. The average molecular weight is 206 g/mol. The molecule has 0 saturated heterocycles. The van der Waals surface area contributed by atoms with Crippen molar-refractivity contribution in [2.24, 2.45) is 0 Å². The number of Topliss-reactive ketones (excluding diaryl/α,β-unsaturated/α-hetero) is 1. The smallest absolute Gasteiger partial charge is 0.172 e. The molecule has 1 heterocycles. The largest absolute Gasteiger partial charge is 0.504 e. The summed E-state index contributed by atoms with van der Waals surface area (Å²) in [4.78, 5) is 11.7. The van der Waals surface area contributed by atoms with Crippen LogP contribution in [0.1, 0.15) is 36.5 Å². The number of carbonyl (C=O) groups is 1. The first kappa shape index (κ1) is 10.0. The molecule has 0 aliphatic carbocycles. The fourth-order valence-corrected chi connectivity index (χ4v) is 1.88. The fourth-order valence-electron chi connectivity index (χ4n) is 1.88. The highest BCUT2D eigenvalue weighted by molar-refractivity contribution is 6.00. The summed E-state index contributed by atoms with van der Waals surface area (Å²) in [6.07, 6.45) is 2.16. The first-order valence-corrected chi connectivity index (χ1v) is 5.24. The van der Waals surface area contributed by atoms with Crippen LogP contribution in [0.15, 0.2) is 18.2 Å². The molecule has 0 radical (unpaired) electrons. The average Bonchev–Trinajstić information content (AvgIpc) is 2.20. The van der Waals surface area contributed by atoms with Crippen molar-refractivity contribution in [3.63, 3.8) is 0 Å². The Hall–Kier alpha value is -1.51. The molecule has 1 aliphatic heterocycles. The monoisotopic (exact) mass is 206 g/mol. The van der Waals surface area contributed by atoms with Gasteiger partial charge in [0.05, 0.1) is 5.56 Å². The number of para-hydroxylation sites is 1. The molecule has 3 heteroatoms. The Bertz CT molecular complexity index is 384. The molecule has 1 aromatic rings. The molecule has 0 aromatic heterocycles. The van der Waals surface area contributed by atoms with E-state index in [1.807, 2.05) is 6.92 Å². The predicted octanol–water partition coefficient (Wildman–Crippen LogP) is 2.53. The molecule has 0 unspecified atom stereocenters. The van der Waals surface area contributed by atoms with Crippen LogP contribution in [0.3, 0.4) is 0 Å². The van der Waals surface area contributed by atoms with Crippen LogP contribution in [0.2, 0.25) is 0 Å². The molecule has 0 spiro atoms. The maximum atomic E-state index is 11.7. The zero-order valence-electron chi connectivity index (χ0n) is 8.69. The van der Waals surface area contributed by atoms with Crippen LogP contribution in [0.5, 0.6) is 11.5 Å². The lowest BCUT2D eigenvalue weighted by Crippen LogP contribution is -2.26. The lowest BCUT2D eigenvalue weighted by molar-refractivity contribution is 0.0830. The minimum Gasteiger partial charge on any atom is -0.504 e. The van der Waals surface area contributed by atoms with Crippen molar-refractivity contribution in [3.05, 3.63) is 23.8 Å². The van der Waals surface area contributed by atoms with Crippen LogP contribution >= 0.6 is 0 Å². The van der Waals surface area contributed by atoms with Gasteiger partial charge in [-0.3, -0.25) is 4.79 Å². The second kappa shape index (κ2) is 3.93. The van der Waals surface area contributed by atoms with E-state index in [1.54, 1.807) is 18.2 Å². The minimum atomic E-state index is -0.0803. The van der Waals surface area contributed by atoms with Crippen molar-refractivity contribution in [3.8, 4) is 11.5 Å². The highest BCUT2D eigenvalue weighted by atomic mass is 16.5. The van der Waals surface area contributed by atoms with E-state index in [1.165, 1.54) is 0 Å². The number of rotatable bonds is 2. The van der Waals surface area contributed by atoms with E-state index in [4.69, 9.17) is 4.74 Å². The van der Waals surface area contributed by atoms with Gasteiger partial charge in [-0.2, -0.15) is 0 Å². The number of aromatic hydroxyl groups is 1. The van der Waals surface area contributed by atoms with Gasteiger partial charge in [0.1, 0.15) is 6.10 Å². The number of ether oxygens (including phenoxy) is 1. The van der Waals surface area contributed by atoms with Gasteiger partial charge in [0.25, 0.3) is 0 Å². The van der Waals surface area contributed by atoms with Gasteiger partial charge in [-0.1, -0.05) is 19.4 Å². The standard InChI is InChI=1S/C12H14O3/c1-2-4-8-7-11(14)9-5-3-6-10(13)12(9)15-8/h3,5-6,8,13H,2,4,7H2,1H3/t8-/m1/s1. The molecule has 15 heavy (non-hydrogen) atoms. The van der Waals surface area contributed by atoms with Crippen molar-refractivity contribution >= 4 is 5.78 Å². The molecule has 0 bridgehead atoms. The quantitative estimate of drug-likeness (QED) is 0.808. The number of fused-ring (bicyclic) bond motifs is 1. The minimum absolute atomic E-state index is 0.0571. The number of carbonyl (C=O) groups excluding carboxylic acids is 1. The summed E-state index contributed by atoms with van der Waals surface area (Å²) in [5, 5.41) is 9.58. The second-order valence-electron chi connectivity index (χ2n) is 3.81. The summed E-state index contributed by atoms with van der Waals surface area (Å²) in [7, 11) is 0. The van der Waals surface area contributed by atoms with Gasteiger partial charge in [-0.05, 0) is 18.6 Å². The molecule has 0 fully saturated rings. The predicted molar refractivity (Wildman–Crippen MR) is 56.4 cm³/mol. The second-order valence-corrected chi connectivity index (χ2v) is 3.81. The maximum Gasteiger partial charge on any atom is 0.172 e. The van der Waals surface area contributed by atoms with Crippen LogP contribution in [0, 0.1) is 0 Å². The summed E-state index contributed by atoms with van der Waals surface area (Å²) in [5.41, 5.74) is 0.502. The lowest BCUT2D eigenvalue weighted by Gasteiger charge is -2.25. The maximum absolute atomic E-state index is 11.7. The van der Waals surface area contributed by atoms with Crippen molar-refractivity contribution in [2.45, 2.75) is 32.3 Å². The topological polar surface area (TPSA) is 46.5 Å². The Morgan fingerprint density at radius 1 is 1.53 bits per heavy atom. The highest BCUT2D eigenvalue weighted by Crippen LogP contribution is 2.36. The van der Waals surface area contributed by atoms with Crippen LogP contribution < -0.4 is 4.74 Å². The molecule has 0 amide bonds. The zero-order valence-corrected chi connectivity index (χ0v) is 8.69. The van der Waals surface area contributed by atoms with E-state index in [9.17, 15) is 9.90 Å². The number of hydrogen-bond acceptors (Lipinski definition) is 3. The number of phenols is 1. The Morgan fingerprint density at radius 3 is 3.07 bits per heavy atom. The summed E-state index contributed by atoms with van der Waals surface area (Å²) in [6, 6.07) is 4.90. The molecular weight excluding hydrogens is 192 g/mol. The van der Waals surface area contributed by atoms with Gasteiger partial charge in [-0.25, -0.2) is 0 Å². The Balaban J connectivity index is 2.33. The first-order valence-electron chi connectivity index (χ1n) is 5.24. The van der Waals surface area contributed by atoms with Gasteiger partial charge >= 0.3 is 0 Å². The van der Waals surface area contributed by atoms with Gasteiger partial charge in [0, 0.05) is 6.42 Å². The van der Waals surface area contributed by atoms with Crippen LogP contribution in [-0.4, -0.2) is 17.0 Å². The van der Waals surface area contributed by atoms with Crippen LogP contribution in [-0.2, 0) is 0 Å².